The van der Waals surface area contributed by atoms with E-state index in [1.807, 2.05) is 41.9 Å². The van der Waals surface area contributed by atoms with Crippen molar-refractivity contribution in [2.45, 2.75) is 38.8 Å². The standard InChI is InChI=1S/C24H28N6O2/c1-16-11-17(7-8-26-16)24-30(22(15-32-24)23(25)31)21-12-18-14-28(2)27-19(18)13-20(21)29-9-5-3-4-6-10-29/h7-8,11-15,24H,3-6,9-10H2,1-2H3,(H2,25,31). The molecule has 166 valence electrons. The van der Waals surface area contributed by atoms with Gasteiger partial charge in [0.05, 0.1) is 16.9 Å². The number of benzene rings is 1. The molecule has 0 aliphatic carbocycles. The van der Waals surface area contributed by atoms with E-state index in [1.54, 1.807) is 6.20 Å². The van der Waals surface area contributed by atoms with E-state index in [2.05, 4.69) is 27.1 Å². The number of pyridine rings is 1. The molecule has 1 atom stereocenters. The fourth-order valence-corrected chi connectivity index (χ4v) is 4.68. The Hall–Kier alpha value is -3.55. The van der Waals surface area contributed by atoms with Crippen molar-refractivity contribution in [3.8, 4) is 0 Å². The lowest BCUT2D eigenvalue weighted by atomic mass is 10.1. The van der Waals surface area contributed by atoms with Gasteiger partial charge in [-0.1, -0.05) is 12.8 Å². The molecule has 0 radical (unpaired) electrons. The fourth-order valence-electron chi connectivity index (χ4n) is 4.68. The summed E-state index contributed by atoms with van der Waals surface area (Å²) in [6, 6.07) is 8.11. The van der Waals surface area contributed by atoms with Gasteiger partial charge in [0.1, 0.15) is 12.0 Å². The highest BCUT2D eigenvalue weighted by atomic mass is 16.5. The minimum Gasteiger partial charge on any atom is -0.471 e. The van der Waals surface area contributed by atoms with Gasteiger partial charge < -0.3 is 15.4 Å². The van der Waals surface area contributed by atoms with Crippen LogP contribution in [0, 0.1) is 6.92 Å². The zero-order valence-corrected chi connectivity index (χ0v) is 18.5. The number of anilines is 2. The smallest absolute Gasteiger partial charge is 0.268 e. The van der Waals surface area contributed by atoms with Crippen LogP contribution in [-0.2, 0) is 16.6 Å². The first-order valence-corrected chi connectivity index (χ1v) is 11.1. The van der Waals surface area contributed by atoms with Crippen LogP contribution >= 0.6 is 0 Å². The van der Waals surface area contributed by atoms with Crippen LogP contribution in [0.2, 0.25) is 0 Å². The molecule has 8 heteroatoms. The van der Waals surface area contributed by atoms with Gasteiger partial charge in [-0.25, -0.2) is 0 Å². The molecule has 2 aliphatic rings. The first kappa shape index (κ1) is 20.4. The van der Waals surface area contributed by atoms with E-state index in [4.69, 9.17) is 10.5 Å². The highest BCUT2D eigenvalue weighted by Crippen LogP contribution is 2.44. The summed E-state index contributed by atoms with van der Waals surface area (Å²) in [4.78, 5) is 21.1. The van der Waals surface area contributed by atoms with Gasteiger partial charge in [-0.2, -0.15) is 5.10 Å². The number of hydrogen-bond acceptors (Lipinski definition) is 6. The van der Waals surface area contributed by atoms with Gasteiger partial charge >= 0.3 is 0 Å². The molecule has 0 saturated carbocycles. The number of carbonyl (C=O) groups excluding carboxylic acids is 1. The third kappa shape index (κ3) is 3.66. The van der Waals surface area contributed by atoms with Gasteiger partial charge in [0.2, 0.25) is 6.23 Å². The van der Waals surface area contributed by atoms with Crippen molar-refractivity contribution in [3.05, 3.63) is 59.9 Å². The van der Waals surface area contributed by atoms with Crippen LogP contribution in [0.25, 0.3) is 10.9 Å². The molecule has 1 saturated heterocycles. The van der Waals surface area contributed by atoms with E-state index < -0.39 is 12.1 Å². The maximum atomic E-state index is 12.4. The number of fused-ring (bicyclic) bond motifs is 1. The van der Waals surface area contributed by atoms with E-state index >= 15 is 0 Å². The molecular weight excluding hydrogens is 404 g/mol. The third-order valence-corrected chi connectivity index (χ3v) is 6.18. The molecule has 4 heterocycles. The predicted octanol–water partition coefficient (Wildman–Crippen LogP) is 3.52. The Morgan fingerprint density at radius 3 is 2.62 bits per heavy atom. The van der Waals surface area contributed by atoms with E-state index in [-0.39, 0.29) is 0 Å². The number of aromatic nitrogens is 3. The quantitative estimate of drug-likeness (QED) is 0.679. The van der Waals surface area contributed by atoms with Crippen molar-refractivity contribution in [3.63, 3.8) is 0 Å². The predicted molar refractivity (Wildman–Crippen MR) is 124 cm³/mol. The highest BCUT2D eigenvalue weighted by molar-refractivity contribution is 6.00. The van der Waals surface area contributed by atoms with Crippen molar-refractivity contribution >= 4 is 28.2 Å². The maximum absolute atomic E-state index is 12.4. The van der Waals surface area contributed by atoms with Gasteiger partial charge in [0.25, 0.3) is 5.91 Å². The van der Waals surface area contributed by atoms with Crippen molar-refractivity contribution < 1.29 is 9.53 Å². The SMILES string of the molecule is Cc1cc(C2OC=C(C(N)=O)N2c2cc3cn(C)nc3cc2N2CCCCCC2)ccn1. The second kappa shape index (κ2) is 8.18. The molecule has 3 aromatic rings. The number of primary amides is 1. The van der Waals surface area contributed by atoms with Crippen LogP contribution in [0.5, 0.6) is 0 Å². The zero-order chi connectivity index (χ0) is 22.2. The van der Waals surface area contributed by atoms with Crippen LogP contribution in [0.3, 0.4) is 0 Å². The minimum atomic E-state index is -0.522. The molecule has 8 nitrogen and oxygen atoms in total. The maximum Gasteiger partial charge on any atom is 0.268 e. The monoisotopic (exact) mass is 432 g/mol. The average molecular weight is 433 g/mol. The molecule has 1 fully saturated rings. The number of carbonyl (C=O) groups is 1. The molecule has 5 rings (SSSR count). The van der Waals surface area contributed by atoms with E-state index in [0.717, 1.165) is 59.5 Å². The number of aryl methyl sites for hydroxylation is 2. The Bertz CT molecular complexity index is 1190. The fraction of sp³-hybridized carbons (Fsp3) is 0.375. The number of rotatable bonds is 4. The Kier molecular flexibility index (Phi) is 5.20. The van der Waals surface area contributed by atoms with Crippen LogP contribution < -0.4 is 15.5 Å². The largest absolute Gasteiger partial charge is 0.471 e. The number of amides is 1. The second-order valence-corrected chi connectivity index (χ2v) is 8.56. The Balaban J connectivity index is 1.69. The number of ether oxygens (including phenoxy) is 1. The summed E-state index contributed by atoms with van der Waals surface area (Å²) in [5, 5.41) is 5.63. The topological polar surface area (TPSA) is 89.5 Å². The van der Waals surface area contributed by atoms with Gasteiger partial charge in [-0.15, -0.1) is 0 Å². The van der Waals surface area contributed by atoms with E-state index in [9.17, 15) is 4.79 Å². The summed E-state index contributed by atoms with van der Waals surface area (Å²) in [6.45, 7) is 3.87. The van der Waals surface area contributed by atoms with Crippen LogP contribution in [-0.4, -0.2) is 33.8 Å². The second-order valence-electron chi connectivity index (χ2n) is 8.56. The van der Waals surface area contributed by atoms with E-state index in [1.165, 1.54) is 19.1 Å². The summed E-state index contributed by atoms with van der Waals surface area (Å²) in [6.07, 6.45) is 9.46. The van der Waals surface area contributed by atoms with Crippen LogP contribution in [0.4, 0.5) is 11.4 Å². The number of nitrogens with two attached hydrogens (primary N) is 1. The van der Waals surface area contributed by atoms with E-state index in [0.29, 0.717) is 5.70 Å². The molecule has 2 N–H and O–H groups in total. The first-order valence-electron chi connectivity index (χ1n) is 11.1. The third-order valence-electron chi connectivity index (χ3n) is 6.18. The number of hydrogen-bond donors (Lipinski definition) is 1. The highest BCUT2D eigenvalue weighted by Gasteiger charge is 2.36. The Labute approximate surface area is 187 Å². The van der Waals surface area contributed by atoms with Crippen LogP contribution in [0.15, 0.2) is 48.6 Å². The molecule has 32 heavy (non-hydrogen) atoms. The Morgan fingerprint density at radius 2 is 1.91 bits per heavy atom. The summed E-state index contributed by atoms with van der Waals surface area (Å²) in [7, 11) is 1.92. The molecule has 1 aromatic carbocycles. The summed E-state index contributed by atoms with van der Waals surface area (Å²) < 4.78 is 7.83. The van der Waals surface area contributed by atoms with Gasteiger partial charge in [0.15, 0.2) is 0 Å². The van der Waals surface area contributed by atoms with Crippen LogP contribution in [0.1, 0.15) is 43.2 Å². The van der Waals surface area contributed by atoms with Gasteiger partial charge in [0, 0.05) is 49.2 Å². The van der Waals surface area contributed by atoms with Crippen molar-refractivity contribution in [2.24, 2.45) is 12.8 Å². The average Bonchev–Trinajstić information content (AvgIpc) is 3.25. The molecule has 2 aliphatic heterocycles. The van der Waals surface area contributed by atoms with Crippen molar-refractivity contribution in [2.75, 3.05) is 22.9 Å². The zero-order valence-electron chi connectivity index (χ0n) is 18.5. The normalized spacial score (nSPS) is 19.1. The summed E-state index contributed by atoms with van der Waals surface area (Å²) >= 11 is 0. The first-order chi connectivity index (χ1) is 15.5. The lowest BCUT2D eigenvalue weighted by Crippen LogP contribution is -2.33. The van der Waals surface area contributed by atoms with Gasteiger partial charge in [-0.3, -0.25) is 19.4 Å². The molecular formula is C24H28N6O2. The minimum absolute atomic E-state index is 0.337. The Morgan fingerprint density at radius 1 is 1.12 bits per heavy atom. The summed E-state index contributed by atoms with van der Waals surface area (Å²) in [5.74, 6) is -0.522. The molecule has 0 spiro atoms. The lowest BCUT2D eigenvalue weighted by molar-refractivity contribution is -0.114. The summed E-state index contributed by atoms with van der Waals surface area (Å²) in [5.41, 5.74) is 10.8. The van der Waals surface area contributed by atoms with Crippen molar-refractivity contribution in [1.29, 1.82) is 0 Å². The molecule has 0 bridgehead atoms. The van der Waals surface area contributed by atoms with Crippen molar-refractivity contribution in [1.82, 2.24) is 14.8 Å². The molecule has 2 aromatic heterocycles. The number of nitrogens with zero attached hydrogens (tertiary/aromatic N) is 5. The lowest BCUT2D eigenvalue weighted by Gasteiger charge is -2.33. The molecule has 1 unspecified atom stereocenters. The van der Waals surface area contributed by atoms with Gasteiger partial charge in [-0.05, 0) is 44.0 Å². The molecule has 1 amide bonds.